The molecule has 0 saturated heterocycles. The van der Waals surface area contributed by atoms with Crippen LogP contribution in [-0.2, 0) is 15.7 Å². The van der Waals surface area contributed by atoms with E-state index in [-0.39, 0.29) is 12.4 Å². The van der Waals surface area contributed by atoms with E-state index in [0.29, 0.717) is 5.56 Å². The van der Waals surface area contributed by atoms with E-state index in [1.165, 1.54) is 32.1 Å². The minimum absolute atomic E-state index is 0.105. The van der Waals surface area contributed by atoms with Gasteiger partial charge < -0.3 is 4.74 Å². The van der Waals surface area contributed by atoms with E-state index in [0.717, 1.165) is 0 Å². The number of halogens is 1. The van der Waals surface area contributed by atoms with Crippen molar-refractivity contribution in [2.24, 2.45) is 0 Å². The average Bonchev–Trinajstić information content (AvgIpc) is 2.36. The Hall–Kier alpha value is -1.03. The maximum Gasteiger partial charge on any atom is 0.695 e. The van der Waals surface area contributed by atoms with E-state index in [9.17, 15) is 8.96 Å². The molecule has 0 aliphatic rings. The van der Waals surface area contributed by atoms with E-state index in [1.54, 1.807) is 6.07 Å². The normalized spacial score (nSPS) is 10.4. The monoisotopic (exact) mass is 277 g/mol. The third kappa shape index (κ3) is 7.33. The average molecular weight is 277 g/mol. The van der Waals surface area contributed by atoms with Gasteiger partial charge in [-0.05, 0) is 17.7 Å². The standard InChI is InChI=1S/C8H8FO4P.C4H10/c1-12-8-3-2-6(4-7(8)9)5-13-14(10)11;1-3-4-2/h2-4H,5H2,1H3;3-4H2,1-2H3/p+1. The quantitative estimate of drug-likeness (QED) is 0.831. The van der Waals surface area contributed by atoms with Crippen LogP contribution in [0.3, 0.4) is 0 Å². The molecule has 1 aromatic carbocycles. The summed E-state index contributed by atoms with van der Waals surface area (Å²) in [5.41, 5.74) is 0.473. The summed E-state index contributed by atoms with van der Waals surface area (Å²) in [6, 6.07) is 4.18. The Labute approximate surface area is 108 Å². The van der Waals surface area contributed by atoms with Gasteiger partial charge in [-0.25, -0.2) is 4.39 Å². The lowest BCUT2D eigenvalue weighted by atomic mass is 10.2. The molecule has 0 aliphatic heterocycles. The van der Waals surface area contributed by atoms with E-state index in [2.05, 4.69) is 18.4 Å². The van der Waals surface area contributed by atoms with Crippen LogP contribution >= 0.6 is 8.25 Å². The summed E-state index contributed by atoms with van der Waals surface area (Å²) >= 11 is 0. The molecule has 1 aromatic rings. The van der Waals surface area contributed by atoms with Gasteiger partial charge in [-0.3, -0.25) is 0 Å². The second-order valence-corrected chi connectivity index (χ2v) is 4.21. The van der Waals surface area contributed by atoms with Crippen LogP contribution in [0.1, 0.15) is 32.3 Å². The fraction of sp³-hybridized carbons (Fsp3) is 0.500. The van der Waals surface area contributed by atoms with Crippen molar-refractivity contribution >= 4 is 8.25 Å². The molecule has 4 nitrogen and oxygen atoms in total. The summed E-state index contributed by atoms with van der Waals surface area (Å²) in [6.45, 7) is 4.26. The van der Waals surface area contributed by atoms with Crippen LogP contribution in [0.2, 0.25) is 0 Å². The molecule has 0 spiro atoms. The van der Waals surface area contributed by atoms with Crippen molar-refractivity contribution in [1.82, 2.24) is 0 Å². The van der Waals surface area contributed by atoms with Crippen LogP contribution in [0.5, 0.6) is 5.75 Å². The maximum absolute atomic E-state index is 13.1. The number of rotatable bonds is 5. The summed E-state index contributed by atoms with van der Waals surface area (Å²) in [5.74, 6) is -0.399. The van der Waals surface area contributed by atoms with E-state index >= 15 is 0 Å². The molecular weight excluding hydrogens is 258 g/mol. The van der Waals surface area contributed by atoms with Gasteiger partial charge in [0.15, 0.2) is 11.6 Å². The fourth-order valence-corrected chi connectivity index (χ4v) is 1.19. The summed E-state index contributed by atoms with van der Waals surface area (Å²) in [7, 11) is -1.29. The molecule has 1 atom stereocenters. The SMILES string of the molecule is CCCC.COc1ccc(CO[P+](=O)O)cc1F. The number of benzene rings is 1. The highest BCUT2D eigenvalue weighted by Gasteiger charge is 2.13. The molecule has 0 bridgehead atoms. The van der Waals surface area contributed by atoms with Crippen LogP contribution in [0.4, 0.5) is 4.39 Å². The molecule has 0 amide bonds. The molecule has 18 heavy (non-hydrogen) atoms. The Bertz CT molecular complexity index is 369. The first-order valence-corrected chi connectivity index (χ1v) is 6.79. The molecule has 1 N–H and O–H groups in total. The maximum atomic E-state index is 13.1. The zero-order valence-electron chi connectivity index (χ0n) is 10.9. The number of ether oxygens (including phenoxy) is 1. The topological polar surface area (TPSA) is 55.8 Å². The van der Waals surface area contributed by atoms with Crippen molar-refractivity contribution in [3.8, 4) is 5.75 Å². The lowest BCUT2D eigenvalue weighted by molar-refractivity contribution is 0.271. The van der Waals surface area contributed by atoms with Gasteiger partial charge in [-0.2, -0.15) is 0 Å². The van der Waals surface area contributed by atoms with Gasteiger partial charge in [0.25, 0.3) is 0 Å². The minimum atomic E-state index is -2.65. The second-order valence-electron chi connectivity index (χ2n) is 3.48. The molecule has 0 heterocycles. The molecule has 1 unspecified atom stereocenters. The predicted molar refractivity (Wildman–Crippen MR) is 68.1 cm³/mol. The van der Waals surface area contributed by atoms with Crippen molar-refractivity contribution < 1.29 is 23.1 Å². The third-order valence-corrected chi connectivity index (χ3v) is 2.41. The number of hydrogen-bond acceptors (Lipinski definition) is 3. The molecule has 0 fully saturated rings. The van der Waals surface area contributed by atoms with E-state index < -0.39 is 14.1 Å². The Morgan fingerprint density at radius 1 is 1.33 bits per heavy atom. The van der Waals surface area contributed by atoms with Crippen molar-refractivity contribution in [3.05, 3.63) is 29.6 Å². The Morgan fingerprint density at radius 2 is 1.94 bits per heavy atom. The Balaban J connectivity index is 0.000000631. The molecule has 0 saturated carbocycles. The second kappa shape index (κ2) is 9.95. The smallest absolute Gasteiger partial charge is 0.494 e. The van der Waals surface area contributed by atoms with Gasteiger partial charge in [0.2, 0.25) is 0 Å². The largest absolute Gasteiger partial charge is 0.695 e. The van der Waals surface area contributed by atoms with Gasteiger partial charge in [0.05, 0.1) is 7.11 Å². The predicted octanol–water partition coefficient (Wildman–Crippen LogP) is 3.81. The number of unbranched alkanes of at least 4 members (excludes halogenated alkanes) is 1. The van der Waals surface area contributed by atoms with E-state index in [1.807, 2.05) is 0 Å². The first-order valence-electron chi connectivity index (χ1n) is 5.66. The van der Waals surface area contributed by atoms with Crippen molar-refractivity contribution in [3.63, 3.8) is 0 Å². The lowest BCUT2D eigenvalue weighted by Crippen LogP contribution is -1.91. The molecule has 0 radical (unpaired) electrons. The van der Waals surface area contributed by atoms with E-state index in [4.69, 9.17) is 9.63 Å². The van der Waals surface area contributed by atoms with Gasteiger partial charge >= 0.3 is 8.25 Å². The first-order chi connectivity index (χ1) is 8.54. The highest BCUT2D eigenvalue weighted by atomic mass is 31.1. The Kier molecular flexibility index (Phi) is 9.38. The molecule has 6 heteroatoms. The zero-order chi connectivity index (χ0) is 14.0. The zero-order valence-corrected chi connectivity index (χ0v) is 11.7. The molecular formula is C12H19FO4P+. The van der Waals surface area contributed by atoms with Crippen molar-refractivity contribution in [2.45, 2.75) is 33.3 Å². The van der Waals surface area contributed by atoms with Crippen molar-refractivity contribution in [2.75, 3.05) is 7.11 Å². The van der Waals surface area contributed by atoms with Crippen LogP contribution in [0, 0.1) is 5.82 Å². The summed E-state index contributed by atoms with van der Waals surface area (Å²) in [5, 5.41) is 0. The fourth-order valence-electron chi connectivity index (χ4n) is 0.929. The lowest BCUT2D eigenvalue weighted by Gasteiger charge is -2.02. The Morgan fingerprint density at radius 3 is 2.33 bits per heavy atom. The molecule has 0 aromatic heterocycles. The number of hydrogen-bond donors (Lipinski definition) is 1. The van der Waals surface area contributed by atoms with Gasteiger partial charge in [0.1, 0.15) is 6.61 Å². The summed E-state index contributed by atoms with van der Waals surface area (Å²) in [4.78, 5) is 8.35. The molecule has 102 valence electrons. The highest BCUT2D eigenvalue weighted by Crippen LogP contribution is 2.21. The van der Waals surface area contributed by atoms with Crippen LogP contribution in [0.15, 0.2) is 18.2 Å². The minimum Gasteiger partial charge on any atom is -0.494 e. The molecule has 1 rings (SSSR count). The first kappa shape index (κ1) is 17.0. The highest BCUT2D eigenvalue weighted by molar-refractivity contribution is 7.32. The summed E-state index contributed by atoms with van der Waals surface area (Å²) in [6.07, 6.45) is 2.64. The third-order valence-electron chi connectivity index (χ3n) is 2.06. The van der Waals surface area contributed by atoms with Crippen LogP contribution < -0.4 is 4.74 Å². The summed E-state index contributed by atoms with van der Waals surface area (Å²) < 4.78 is 32.4. The van der Waals surface area contributed by atoms with Crippen LogP contribution in [-0.4, -0.2) is 12.0 Å². The molecule has 0 aliphatic carbocycles. The number of methoxy groups -OCH3 is 1. The van der Waals surface area contributed by atoms with Gasteiger partial charge in [0, 0.05) is 4.57 Å². The van der Waals surface area contributed by atoms with Gasteiger partial charge in [-0.1, -0.05) is 32.8 Å². The van der Waals surface area contributed by atoms with Gasteiger partial charge in [-0.15, -0.1) is 9.42 Å². The van der Waals surface area contributed by atoms with Crippen molar-refractivity contribution in [1.29, 1.82) is 0 Å². The van der Waals surface area contributed by atoms with Crippen LogP contribution in [0.25, 0.3) is 0 Å².